The van der Waals surface area contributed by atoms with E-state index < -0.39 is 16.0 Å². The number of aryl methyl sites for hydroxylation is 1. The van der Waals surface area contributed by atoms with Crippen molar-refractivity contribution in [3.8, 4) is 0 Å². The van der Waals surface area contributed by atoms with E-state index in [2.05, 4.69) is 10.2 Å². The maximum atomic E-state index is 12.5. The van der Waals surface area contributed by atoms with E-state index in [-0.39, 0.29) is 30.5 Å². The molecule has 1 aromatic heterocycles. The summed E-state index contributed by atoms with van der Waals surface area (Å²) in [4.78, 5) is 11.7. The number of hydrogen-bond acceptors (Lipinski definition) is 5. The van der Waals surface area contributed by atoms with Gasteiger partial charge in [-0.25, -0.2) is 8.42 Å². The van der Waals surface area contributed by atoms with Crippen LogP contribution in [0.5, 0.6) is 0 Å². The van der Waals surface area contributed by atoms with Crippen molar-refractivity contribution in [1.82, 2.24) is 14.5 Å². The molecule has 1 rings (SSSR count). The maximum Gasteiger partial charge on any atom is 0.321 e. The van der Waals surface area contributed by atoms with Gasteiger partial charge in [-0.3, -0.25) is 9.89 Å². The molecule has 20 heavy (non-hydrogen) atoms. The van der Waals surface area contributed by atoms with Gasteiger partial charge in [0, 0.05) is 6.54 Å². The van der Waals surface area contributed by atoms with Crippen molar-refractivity contribution in [2.75, 3.05) is 19.7 Å². The highest BCUT2D eigenvalue weighted by molar-refractivity contribution is 7.89. The van der Waals surface area contributed by atoms with Crippen LogP contribution >= 0.6 is 0 Å². The van der Waals surface area contributed by atoms with Gasteiger partial charge >= 0.3 is 5.97 Å². The number of carbonyl (C=O) groups excluding carboxylic acids is 1. The van der Waals surface area contributed by atoms with Crippen molar-refractivity contribution in [1.29, 1.82) is 0 Å². The fraction of sp³-hybridized carbons (Fsp3) is 0.667. The predicted octanol–water partition coefficient (Wildman–Crippen LogP) is 0.928. The molecule has 8 heteroatoms. The van der Waals surface area contributed by atoms with Gasteiger partial charge in [0.1, 0.15) is 11.4 Å². The number of H-pyrrole nitrogens is 1. The van der Waals surface area contributed by atoms with Crippen LogP contribution in [-0.2, 0) is 19.6 Å². The Balaban J connectivity index is 3.04. The molecule has 0 radical (unpaired) electrons. The second-order valence-corrected chi connectivity index (χ2v) is 6.76. The van der Waals surface area contributed by atoms with E-state index in [1.165, 1.54) is 6.20 Å². The van der Waals surface area contributed by atoms with Crippen LogP contribution in [0.2, 0.25) is 0 Å². The highest BCUT2D eigenvalue weighted by Crippen LogP contribution is 2.18. The number of rotatable bonds is 7. The number of hydrogen-bond donors (Lipinski definition) is 1. The Morgan fingerprint density at radius 3 is 2.60 bits per heavy atom. The molecule has 7 nitrogen and oxygen atoms in total. The molecule has 0 bridgehead atoms. The molecule has 1 aromatic rings. The third-order valence-corrected chi connectivity index (χ3v) is 4.51. The molecule has 0 aliphatic heterocycles. The molecule has 0 unspecified atom stereocenters. The first-order valence-electron chi connectivity index (χ1n) is 6.44. The largest absolute Gasteiger partial charge is 0.465 e. The first kappa shape index (κ1) is 16.6. The lowest BCUT2D eigenvalue weighted by atomic mass is 10.2. The van der Waals surface area contributed by atoms with Gasteiger partial charge in [-0.05, 0) is 19.8 Å². The third-order valence-electron chi connectivity index (χ3n) is 2.58. The zero-order valence-corrected chi connectivity index (χ0v) is 13.0. The first-order chi connectivity index (χ1) is 9.28. The number of nitrogens with one attached hydrogen (secondary N) is 1. The smallest absolute Gasteiger partial charge is 0.321 e. The summed E-state index contributed by atoms with van der Waals surface area (Å²) in [6.07, 6.45) is 1.25. The van der Waals surface area contributed by atoms with Gasteiger partial charge in [0.2, 0.25) is 10.0 Å². The lowest BCUT2D eigenvalue weighted by Gasteiger charge is -2.22. The van der Waals surface area contributed by atoms with Crippen LogP contribution in [0.15, 0.2) is 11.1 Å². The molecule has 0 saturated heterocycles. The number of aromatic amines is 1. The topological polar surface area (TPSA) is 92.4 Å². The molecule has 114 valence electrons. The van der Waals surface area contributed by atoms with Gasteiger partial charge in [-0.15, -0.1) is 0 Å². The summed E-state index contributed by atoms with van der Waals surface area (Å²) in [7, 11) is -3.76. The molecule has 0 saturated carbocycles. The SMILES string of the molecule is CCOC(=O)CN(CC(C)C)S(=O)(=O)c1cn[nH]c1C. The predicted molar refractivity (Wildman–Crippen MR) is 73.6 cm³/mol. The Hall–Kier alpha value is -1.41. The van der Waals surface area contributed by atoms with E-state index in [0.29, 0.717) is 5.69 Å². The summed E-state index contributed by atoms with van der Waals surface area (Å²) in [6.45, 7) is 7.24. The molecule has 0 amide bonds. The highest BCUT2D eigenvalue weighted by Gasteiger charge is 2.30. The summed E-state index contributed by atoms with van der Waals surface area (Å²) in [5.74, 6) is -0.468. The fourth-order valence-electron chi connectivity index (χ4n) is 1.74. The van der Waals surface area contributed by atoms with Gasteiger partial charge in [-0.1, -0.05) is 13.8 Å². The standard InChI is InChI=1S/C12H21N3O4S/c1-5-19-12(16)8-15(7-9(2)3)20(17,18)11-6-13-14-10(11)4/h6,9H,5,7-8H2,1-4H3,(H,13,14). The van der Waals surface area contributed by atoms with Crippen LogP contribution in [0.25, 0.3) is 0 Å². The molecule has 1 heterocycles. The number of nitrogens with zero attached hydrogens (tertiary/aromatic N) is 2. The molecular weight excluding hydrogens is 282 g/mol. The van der Waals surface area contributed by atoms with Crippen LogP contribution in [-0.4, -0.2) is 48.6 Å². The number of esters is 1. The van der Waals surface area contributed by atoms with Crippen molar-refractivity contribution in [3.05, 3.63) is 11.9 Å². The minimum Gasteiger partial charge on any atom is -0.465 e. The van der Waals surface area contributed by atoms with Crippen molar-refractivity contribution in [2.45, 2.75) is 32.6 Å². The van der Waals surface area contributed by atoms with Gasteiger partial charge in [0.25, 0.3) is 0 Å². The minimum atomic E-state index is -3.76. The summed E-state index contributed by atoms with van der Waals surface area (Å²) in [6, 6.07) is 0. The van der Waals surface area contributed by atoms with Crippen LogP contribution in [0.4, 0.5) is 0 Å². The number of carbonyl (C=O) groups is 1. The van der Waals surface area contributed by atoms with Crippen molar-refractivity contribution in [3.63, 3.8) is 0 Å². The molecule has 0 atom stereocenters. The summed E-state index contributed by atoms with van der Waals surface area (Å²) < 4.78 is 31.1. The Morgan fingerprint density at radius 2 is 2.15 bits per heavy atom. The summed E-state index contributed by atoms with van der Waals surface area (Å²) in [5.41, 5.74) is 0.447. The van der Waals surface area contributed by atoms with E-state index >= 15 is 0 Å². The Labute approximate surface area is 119 Å². The van der Waals surface area contributed by atoms with E-state index in [1.807, 2.05) is 13.8 Å². The van der Waals surface area contributed by atoms with Crippen LogP contribution in [0, 0.1) is 12.8 Å². The van der Waals surface area contributed by atoms with Gasteiger partial charge in [0.05, 0.1) is 18.5 Å². The zero-order chi connectivity index (χ0) is 15.3. The number of ether oxygens (including phenoxy) is 1. The van der Waals surface area contributed by atoms with Crippen LogP contribution in [0.3, 0.4) is 0 Å². The lowest BCUT2D eigenvalue weighted by Crippen LogP contribution is -2.39. The maximum absolute atomic E-state index is 12.5. The van der Waals surface area contributed by atoms with Crippen molar-refractivity contribution < 1.29 is 17.9 Å². The highest BCUT2D eigenvalue weighted by atomic mass is 32.2. The van der Waals surface area contributed by atoms with Gasteiger partial charge in [-0.2, -0.15) is 9.40 Å². The van der Waals surface area contributed by atoms with E-state index in [9.17, 15) is 13.2 Å². The quantitative estimate of drug-likeness (QED) is 0.756. The average Bonchev–Trinajstić information content (AvgIpc) is 2.75. The zero-order valence-electron chi connectivity index (χ0n) is 12.2. The normalized spacial score (nSPS) is 12.1. The summed E-state index contributed by atoms with van der Waals surface area (Å²) in [5, 5.41) is 6.31. The Morgan fingerprint density at radius 1 is 1.50 bits per heavy atom. The second-order valence-electron chi connectivity index (χ2n) is 4.86. The molecule has 0 aliphatic rings. The summed E-state index contributed by atoms with van der Waals surface area (Å²) >= 11 is 0. The van der Waals surface area contributed by atoms with Gasteiger partial charge < -0.3 is 4.74 Å². The monoisotopic (exact) mass is 303 g/mol. The molecule has 1 N–H and O–H groups in total. The van der Waals surface area contributed by atoms with E-state index in [0.717, 1.165) is 4.31 Å². The molecule has 0 spiro atoms. The molecule has 0 aliphatic carbocycles. The van der Waals surface area contributed by atoms with E-state index in [4.69, 9.17) is 4.74 Å². The lowest BCUT2D eigenvalue weighted by molar-refractivity contribution is -0.143. The first-order valence-corrected chi connectivity index (χ1v) is 7.88. The van der Waals surface area contributed by atoms with Crippen molar-refractivity contribution in [2.24, 2.45) is 5.92 Å². The minimum absolute atomic E-state index is 0.0856. The number of aromatic nitrogens is 2. The Kier molecular flexibility index (Phi) is 5.70. The second kappa shape index (κ2) is 6.85. The molecule has 0 aromatic carbocycles. The van der Waals surface area contributed by atoms with E-state index in [1.54, 1.807) is 13.8 Å². The van der Waals surface area contributed by atoms with Crippen LogP contribution in [0.1, 0.15) is 26.5 Å². The van der Waals surface area contributed by atoms with Crippen LogP contribution < -0.4 is 0 Å². The third kappa shape index (κ3) is 4.04. The molecule has 0 fully saturated rings. The van der Waals surface area contributed by atoms with Gasteiger partial charge in [0.15, 0.2) is 0 Å². The average molecular weight is 303 g/mol. The van der Waals surface area contributed by atoms with Crippen molar-refractivity contribution >= 4 is 16.0 Å². The fourth-order valence-corrected chi connectivity index (χ4v) is 3.41. The molecular formula is C12H21N3O4S. The number of sulfonamides is 1. The Bertz CT molecular complexity index is 551.